The lowest BCUT2D eigenvalue weighted by Crippen LogP contribution is -2.49. The average Bonchev–Trinajstić information content (AvgIpc) is 3.01. The third-order valence-corrected chi connectivity index (χ3v) is 4.11. The normalized spacial score (nSPS) is 20.0. The molecule has 2 heterocycles. The summed E-state index contributed by atoms with van der Waals surface area (Å²) >= 11 is 0. The highest BCUT2D eigenvalue weighted by molar-refractivity contribution is 5.91. The zero-order valence-electron chi connectivity index (χ0n) is 15.1. The Morgan fingerprint density at radius 3 is 2.50 bits per heavy atom. The first-order chi connectivity index (χ1) is 12.4. The molecule has 7 heteroatoms. The summed E-state index contributed by atoms with van der Waals surface area (Å²) in [6.07, 6.45) is -0.0748. The smallest absolute Gasteiger partial charge is 0.361 e. The van der Waals surface area contributed by atoms with Gasteiger partial charge in [-0.25, -0.2) is 9.78 Å². The fourth-order valence-corrected chi connectivity index (χ4v) is 2.96. The Balaban J connectivity index is 1.62. The number of benzene rings is 1. The van der Waals surface area contributed by atoms with E-state index in [1.165, 1.54) is 0 Å². The number of carbonyl (C=O) groups excluding carboxylic acids is 2. The molecule has 0 aliphatic carbocycles. The Bertz CT molecular complexity index is 776. The van der Waals surface area contributed by atoms with Crippen LogP contribution in [0.1, 0.15) is 30.1 Å². The van der Waals surface area contributed by atoms with Crippen molar-refractivity contribution in [1.82, 2.24) is 9.88 Å². The highest BCUT2D eigenvalue weighted by Crippen LogP contribution is 2.22. The molecule has 0 unspecified atom stereocenters. The number of aryl methyl sites for hydroxylation is 1. The number of ether oxygens (including phenoxy) is 2. The van der Waals surface area contributed by atoms with E-state index in [0.29, 0.717) is 24.7 Å². The van der Waals surface area contributed by atoms with Crippen LogP contribution in [0.4, 0.5) is 0 Å². The predicted octanol–water partition coefficient (Wildman–Crippen LogP) is 2.44. The van der Waals surface area contributed by atoms with Crippen molar-refractivity contribution in [3.05, 3.63) is 41.8 Å². The van der Waals surface area contributed by atoms with Gasteiger partial charge in [0.2, 0.25) is 5.89 Å². The number of rotatable bonds is 4. The van der Waals surface area contributed by atoms with Crippen LogP contribution in [0.3, 0.4) is 0 Å². The number of nitrogens with zero attached hydrogens (tertiary/aromatic N) is 2. The number of esters is 1. The van der Waals surface area contributed by atoms with Crippen LogP contribution in [0.2, 0.25) is 0 Å². The van der Waals surface area contributed by atoms with Gasteiger partial charge < -0.3 is 18.8 Å². The molecule has 1 aliphatic rings. The fraction of sp³-hybridized carbons (Fsp3) is 0.421. The SMILES string of the molecule is Cc1oc(-c2ccccc2)nc1C(=O)OCC(=O)N1C[C@H](C)O[C@@H](C)C1. The highest BCUT2D eigenvalue weighted by atomic mass is 16.5. The first kappa shape index (κ1) is 18.1. The van der Waals surface area contributed by atoms with Crippen molar-refractivity contribution < 1.29 is 23.5 Å². The second-order valence-electron chi connectivity index (χ2n) is 6.42. The van der Waals surface area contributed by atoms with Gasteiger partial charge in [-0.2, -0.15) is 0 Å². The Morgan fingerprint density at radius 1 is 1.19 bits per heavy atom. The third kappa shape index (κ3) is 4.11. The van der Waals surface area contributed by atoms with E-state index in [4.69, 9.17) is 13.9 Å². The third-order valence-electron chi connectivity index (χ3n) is 4.11. The number of aromatic nitrogens is 1. The van der Waals surface area contributed by atoms with Gasteiger partial charge in [0.05, 0.1) is 12.2 Å². The van der Waals surface area contributed by atoms with Crippen molar-refractivity contribution in [1.29, 1.82) is 0 Å². The summed E-state index contributed by atoms with van der Waals surface area (Å²) in [6.45, 7) is 6.11. The largest absolute Gasteiger partial charge is 0.451 e. The van der Waals surface area contributed by atoms with Gasteiger partial charge in [0.15, 0.2) is 12.3 Å². The standard InChI is InChI=1S/C19H22N2O5/c1-12-9-21(10-13(2)25-12)16(22)11-24-19(23)17-14(3)26-18(20-17)15-7-5-4-6-8-15/h4-8,12-13H,9-11H2,1-3H3/t12-,13-/m0/s1. The molecule has 7 nitrogen and oxygen atoms in total. The second-order valence-corrected chi connectivity index (χ2v) is 6.42. The maximum atomic E-state index is 12.3. The van der Waals surface area contributed by atoms with Crippen LogP contribution in [-0.2, 0) is 14.3 Å². The highest BCUT2D eigenvalue weighted by Gasteiger charge is 2.27. The first-order valence-corrected chi connectivity index (χ1v) is 8.57. The molecule has 0 radical (unpaired) electrons. The molecule has 1 fully saturated rings. The van der Waals surface area contributed by atoms with E-state index in [1.807, 2.05) is 44.2 Å². The van der Waals surface area contributed by atoms with Gasteiger partial charge in [-0.15, -0.1) is 0 Å². The molecule has 1 aromatic carbocycles. The Kier molecular flexibility index (Phi) is 5.37. The summed E-state index contributed by atoms with van der Waals surface area (Å²) < 4.78 is 16.3. The number of amides is 1. The summed E-state index contributed by atoms with van der Waals surface area (Å²) in [4.78, 5) is 30.4. The van der Waals surface area contributed by atoms with Crippen LogP contribution in [0.25, 0.3) is 11.5 Å². The summed E-state index contributed by atoms with van der Waals surface area (Å²) in [5, 5.41) is 0. The molecule has 1 aromatic heterocycles. The Labute approximate surface area is 151 Å². The molecule has 2 atom stereocenters. The molecule has 0 saturated carbocycles. The average molecular weight is 358 g/mol. The number of hydrogen-bond donors (Lipinski definition) is 0. The summed E-state index contributed by atoms with van der Waals surface area (Å²) in [7, 11) is 0. The van der Waals surface area contributed by atoms with Crippen LogP contribution < -0.4 is 0 Å². The summed E-state index contributed by atoms with van der Waals surface area (Å²) in [6, 6.07) is 9.27. The van der Waals surface area contributed by atoms with Crippen molar-refractivity contribution >= 4 is 11.9 Å². The van der Waals surface area contributed by atoms with E-state index in [9.17, 15) is 9.59 Å². The topological polar surface area (TPSA) is 81.9 Å². The molecular weight excluding hydrogens is 336 g/mol. The second kappa shape index (κ2) is 7.70. The number of carbonyl (C=O) groups is 2. The van der Waals surface area contributed by atoms with Gasteiger partial charge in [-0.05, 0) is 32.9 Å². The van der Waals surface area contributed by atoms with Crippen molar-refractivity contribution in [2.24, 2.45) is 0 Å². The van der Waals surface area contributed by atoms with Crippen LogP contribution in [-0.4, -0.2) is 53.7 Å². The van der Waals surface area contributed by atoms with Crippen LogP contribution in [0.5, 0.6) is 0 Å². The minimum absolute atomic E-state index is 0.0374. The zero-order valence-corrected chi connectivity index (χ0v) is 15.1. The van der Waals surface area contributed by atoms with E-state index < -0.39 is 5.97 Å². The van der Waals surface area contributed by atoms with Crippen molar-refractivity contribution in [3.63, 3.8) is 0 Å². The van der Waals surface area contributed by atoms with Gasteiger partial charge in [0.1, 0.15) is 5.76 Å². The maximum absolute atomic E-state index is 12.3. The van der Waals surface area contributed by atoms with Crippen LogP contribution in [0.15, 0.2) is 34.7 Å². The fourth-order valence-electron chi connectivity index (χ4n) is 2.96. The van der Waals surface area contributed by atoms with Crippen LogP contribution >= 0.6 is 0 Å². The van der Waals surface area contributed by atoms with Crippen molar-refractivity contribution in [2.75, 3.05) is 19.7 Å². The minimum atomic E-state index is -0.670. The van der Waals surface area contributed by atoms with Gasteiger partial charge in [0.25, 0.3) is 5.91 Å². The van der Waals surface area contributed by atoms with Crippen molar-refractivity contribution in [2.45, 2.75) is 33.0 Å². The molecular formula is C19H22N2O5. The predicted molar refractivity (Wildman–Crippen MR) is 93.5 cm³/mol. The lowest BCUT2D eigenvalue weighted by Gasteiger charge is -2.35. The molecule has 1 amide bonds. The summed E-state index contributed by atoms with van der Waals surface area (Å²) in [5.41, 5.74) is 0.849. The van der Waals surface area contributed by atoms with Crippen molar-refractivity contribution in [3.8, 4) is 11.5 Å². The molecule has 0 N–H and O–H groups in total. The lowest BCUT2D eigenvalue weighted by atomic mass is 10.2. The molecule has 26 heavy (non-hydrogen) atoms. The van der Waals surface area contributed by atoms with Gasteiger partial charge in [-0.3, -0.25) is 4.79 Å². The molecule has 3 rings (SSSR count). The lowest BCUT2D eigenvalue weighted by molar-refractivity contribution is -0.146. The number of hydrogen-bond acceptors (Lipinski definition) is 6. The van der Waals surface area contributed by atoms with E-state index in [0.717, 1.165) is 5.56 Å². The first-order valence-electron chi connectivity index (χ1n) is 8.57. The van der Waals surface area contributed by atoms with E-state index in [2.05, 4.69) is 4.98 Å². The molecule has 0 spiro atoms. The maximum Gasteiger partial charge on any atom is 0.361 e. The van der Waals surface area contributed by atoms with E-state index in [-0.39, 0.29) is 30.4 Å². The Hall–Kier alpha value is -2.67. The quantitative estimate of drug-likeness (QED) is 0.781. The van der Waals surface area contributed by atoms with Gasteiger partial charge >= 0.3 is 5.97 Å². The van der Waals surface area contributed by atoms with Gasteiger partial charge in [0, 0.05) is 18.7 Å². The molecule has 2 aromatic rings. The van der Waals surface area contributed by atoms with E-state index >= 15 is 0 Å². The van der Waals surface area contributed by atoms with Crippen LogP contribution in [0, 0.1) is 6.92 Å². The monoisotopic (exact) mass is 358 g/mol. The van der Waals surface area contributed by atoms with Gasteiger partial charge in [-0.1, -0.05) is 18.2 Å². The summed E-state index contributed by atoms with van der Waals surface area (Å²) in [5.74, 6) is -0.215. The molecule has 138 valence electrons. The molecule has 1 saturated heterocycles. The molecule has 1 aliphatic heterocycles. The molecule has 0 bridgehead atoms. The Morgan fingerprint density at radius 2 is 1.85 bits per heavy atom. The number of morpholine rings is 1. The van der Waals surface area contributed by atoms with E-state index in [1.54, 1.807) is 11.8 Å². The number of oxazole rings is 1. The zero-order chi connectivity index (χ0) is 18.7. The minimum Gasteiger partial charge on any atom is -0.451 e.